The first kappa shape index (κ1) is 20.7. The van der Waals surface area contributed by atoms with Gasteiger partial charge >= 0.3 is 0 Å². The summed E-state index contributed by atoms with van der Waals surface area (Å²) in [6.45, 7) is -0.467. The fourth-order valence-electron chi connectivity index (χ4n) is 2.53. The number of furan rings is 2. The van der Waals surface area contributed by atoms with Gasteiger partial charge in [0.1, 0.15) is 18.1 Å². The van der Waals surface area contributed by atoms with Crippen molar-refractivity contribution in [1.82, 2.24) is 14.9 Å². The van der Waals surface area contributed by atoms with Gasteiger partial charge in [-0.05, 0) is 30.5 Å². The standard InChI is InChI=1S/C19H12F4N4O3S/c1-31-19-26-25-18(14-3-2-6-28-14)27(19)24-8-10-4-5-11(30-10)9-29-17-15(22)12(20)7-13(21)16(17)23/h2-8H,9H2,1H3. The Bertz CT molecular complexity index is 1210. The molecule has 3 heterocycles. The average molecular weight is 452 g/mol. The van der Waals surface area contributed by atoms with Crippen molar-refractivity contribution in [1.29, 1.82) is 0 Å². The van der Waals surface area contributed by atoms with Crippen LogP contribution in [0.1, 0.15) is 11.5 Å². The summed E-state index contributed by atoms with van der Waals surface area (Å²) >= 11 is 1.32. The predicted octanol–water partition coefficient (Wildman–Crippen LogP) is 4.87. The zero-order valence-corrected chi connectivity index (χ0v) is 16.5. The Balaban J connectivity index is 1.51. The maximum Gasteiger partial charge on any atom is 0.221 e. The van der Waals surface area contributed by atoms with E-state index < -0.39 is 35.6 Å². The second-order valence-corrected chi connectivity index (χ2v) is 6.71. The Morgan fingerprint density at radius 3 is 2.58 bits per heavy atom. The molecule has 0 amide bonds. The number of thioether (sulfide) groups is 1. The Labute approximate surface area is 176 Å². The molecule has 0 atom stereocenters. The molecular formula is C19H12F4N4O3S. The normalized spacial score (nSPS) is 11.5. The van der Waals surface area contributed by atoms with Crippen molar-refractivity contribution in [2.24, 2.45) is 5.10 Å². The van der Waals surface area contributed by atoms with Gasteiger partial charge in [-0.15, -0.1) is 10.2 Å². The smallest absolute Gasteiger partial charge is 0.221 e. The van der Waals surface area contributed by atoms with Gasteiger partial charge in [0.15, 0.2) is 23.1 Å². The van der Waals surface area contributed by atoms with E-state index in [1.165, 1.54) is 41.0 Å². The molecule has 0 bridgehead atoms. The molecule has 12 heteroatoms. The second kappa shape index (κ2) is 8.68. The van der Waals surface area contributed by atoms with Gasteiger partial charge in [0.2, 0.25) is 22.6 Å². The van der Waals surface area contributed by atoms with E-state index in [9.17, 15) is 17.6 Å². The lowest BCUT2D eigenvalue weighted by atomic mass is 10.3. The van der Waals surface area contributed by atoms with E-state index in [-0.39, 0.29) is 17.6 Å². The third kappa shape index (κ3) is 4.19. The van der Waals surface area contributed by atoms with Crippen LogP contribution in [0.15, 0.2) is 55.7 Å². The molecule has 0 N–H and O–H groups in total. The van der Waals surface area contributed by atoms with Crippen molar-refractivity contribution in [2.45, 2.75) is 11.8 Å². The summed E-state index contributed by atoms with van der Waals surface area (Å²) in [6.07, 6.45) is 4.66. The van der Waals surface area contributed by atoms with E-state index in [2.05, 4.69) is 15.3 Å². The molecule has 0 unspecified atom stereocenters. The van der Waals surface area contributed by atoms with Gasteiger partial charge in [0.25, 0.3) is 0 Å². The van der Waals surface area contributed by atoms with Crippen LogP contribution < -0.4 is 4.74 Å². The van der Waals surface area contributed by atoms with Crippen LogP contribution >= 0.6 is 11.8 Å². The van der Waals surface area contributed by atoms with Crippen LogP contribution in [0.5, 0.6) is 5.75 Å². The molecule has 0 saturated heterocycles. The van der Waals surface area contributed by atoms with E-state index in [0.29, 0.717) is 16.7 Å². The molecule has 0 saturated carbocycles. The molecule has 0 fully saturated rings. The van der Waals surface area contributed by atoms with Crippen LogP contribution in [-0.4, -0.2) is 27.3 Å². The number of nitrogens with zero attached hydrogens (tertiary/aromatic N) is 4. The molecule has 4 rings (SSSR count). The average Bonchev–Trinajstić information content (AvgIpc) is 3.50. The predicted molar refractivity (Wildman–Crippen MR) is 102 cm³/mol. The minimum absolute atomic E-state index is 0.101. The zero-order valence-electron chi connectivity index (χ0n) is 15.7. The van der Waals surface area contributed by atoms with Gasteiger partial charge in [0, 0.05) is 6.07 Å². The van der Waals surface area contributed by atoms with Crippen LogP contribution in [0.25, 0.3) is 11.6 Å². The second-order valence-electron chi connectivity index (χ2n) is 5.93. The van der Waals surface area contributed by atoms with Gasteiger partial charge in [0.05, 0.1) is 12.5 Å². The molecule has 0 aliphatic rings. The van der Waals surface area contributed by atoms with Crippen LogP contribution in [0, 0.1) is 23.3 Å². The summed E-state index contributed by atoms with van der Waals surface area (Å²) in [5.74, 6) is -6.30. The number of aromatic nitrogens is 3. The van der Waals surface area contributed by atoms with Crippen molar-refractivity contribution in [2.75, 3.05) is 6.26 Å². The van der Waals surface area contributed by atoms with Crippen LogP contribution in [0.4, 0.5) is 17.6 Å². The lowest BCUT2D eigenvalue weighted by Gasteiger charge is -2.08. The van der Waals surface area contributed by atoms with E-state index in [4.69, 9.17) is 13.6 Å². The molecular weight excluding hydrogens is 440 g/mol. The van der Waals surface area contributed by atoms with E-state index in [1.54, 1.807) is 18.4 Å². The quantitative estimate of drug-likeness (QED) is 0.172. The first-order chi connectivity index (χ1) is 15.0. The highest BCUT2D eigenvalue weighted by Gasteiger charge is 2.21. The zero-order chi connectivity index (χ0) is 22.0. The molecule has 160 valence electrons. The van der Waals surface area contributed by atoms with Gasteiger partial charge in [-0.25, -0.2) is 8.78 Å². The van der Waals surface area contributed by atoms with Gasteiger partial charge in [-0.2, -0.15) is 18.6 Å². The molecule has 0 aliphatic heterocycles. The monoisotopic (exact) mass is 452 g/mol. The van der Waals surface area contributed by atoms with E-state index in [1.807, 2.05) is 0 Å². The van der Waals surface area contributed by atoms with Gasteiger partial charge < -0.3 is 13.6 Å². The van der Waals surface area contributed by atoms with Crippen molar-refractivity contribution >= 4 is 18.0 Å². The number of halogens is 4. The minimum atomic E-state index is -1.63. The maximum absolute atomic E-state index is 13.7. The third-order valence-electron chi connectivity index (χ3n) is 3.95. The van der Waals surface area contributed by atoms with Gasteiger partial charge in [-0.1, -0.05) is 11.8 Å². The molecule has 7 nitrogen and oxygen atoms in total. The summed E-state index contributed by atoms with van der Waals surface area (Å²) in [6, 6.07) is 6.49. The van der Waals surface area contributed by atoms with Crippen molar-refractivity contribution in [3.05, 3.63) is 71.4 Å². The molecule has 31 heavy (non-hydrogen) atoms. The van der Waals surface area contributed by atoms with Crippen LogP contribution in [-0.2, 0) is 6.61 Å². The molecule has 1 aromatic carbocycles. The fraction of sp³-hybridized carbons (Fsp3) is 0.105. The van der Waals surface area contributed by atoms with Gasteiger partial charge in [-0.3, -0.25) is 0 Å². The number of hydrogen-bond acceptors (Lipinski definition) is 7. The van der Waals surface area contributed by atoms with E-state index in [0.717, 1.165) is 0 Å². The molecule has 0 spiro atoms. The Morgan fingerprint density at radius 2 is 1.90 bits per heavy atom. The summed E-state index contributed by atoms with van der Waals surface area (Å²) in [7, 11) is 0. The largest absolute Gasteiger partial charge is 0.479 e. The number of benzene rings is 1. The van der Waals surface area contributed by atoms with Crippen molar-refractivity contribution < 1.29 is 31.1 Å². The Hall–Kier alpha value is -3.54. The first-order valence-electron chi connectivity index (χ1n) is 8.60. The molecule has 3 aromatic heterocycles. The molecule has 0 radical (unpaired) electrons. The molecule has 4 aromatic rings. The Kier molecular flexibility index (Phi) is 5.80. The topological polar surface area (TPSA) is 78.6 Å². The summed E-state index contributed by atoms with van der Waals surface area (Å²) in [4.78, 5) is 0. The lowest BCUT2D eigenvalue weighted by Crippen LogP contribution is -2.03. The minimum Gasteiger partial charge on any atom is -0.479 e. The SMILES string of the molecule is CSc1nnc(-c2ccco2)n1N=Cc1ccc(COc2c(F)c(F)cc(F)c2F)o1. The van der Waals surface area contributed by atoms with E-state index >= 15 is 0 Å². The number of rotatable bonds is 7. The highest BCUT2D eigenvalue weighted by Crippen LogP contribution is 2.27. The van der Waals surface area contributed by atoms with Crippen molar-refractivity contribution in [3.63, 3.8) is 0 Å². The fourth-order valence-corrected chi connectivity index (χ4v) is 2.96. The maximum atomic E-state index is 13.7. The number of hydrogen-bond donors (Lipinski definition) is 0. The number of ether oxygens (including phenoxy) is 1. The third-order valence-corrected chi connectivity index (χ3v) is 4.57. The van der Waals surface area contributed by atoms with Crippen molar-refractivity contribution in [3.8, 4) is 17.3 Å². The summed E-state index contributed by atoms with van der Waals surface area (Å²) in [5, 5.41) is 12.8. The first-order valence-corrected chi connectivity index (χ1v) is 9.82. The van der Waals surface area contributed by atoms with Crippen LogP contribution in [0.2, 0.25) is 0 Å². The van der Waals surface area contributed by atoms with Crippen LogP contribution in [0.3, 0.4) is 0 Å². The summed E-state index contributed by atoms with van der Waals surface area (Å²) in [5.41, 5.74) is 0. The highest BCUT2D eigenvalue weighted by atomic mass is 32.2. The molecule has 0 aliphatic carbocycles. The lowest BCUT2D eigenvalue weighted by molar-refractivity contribution is 0.237. The summed E-state index contributed by atoms with van der Waals surface area (Å²) < 4.78 is 71.0. The Morgan fingerprint density at radius 1 is 1.13 bits per heavy atom. The highest BCUT2D eigenvalue weighted by molar-refractivity contribution is 7.98.